The summed E-state index contributed by atoms with van der Waals surface area (Å²) < 4.78 is 0. The van der Waals surface area contributed by atoms with Crippen molar-refractivity contribution in [3.8, 4) is 5.75 Å². The second kappa shape index (κ2) is 4.62. The predicted molar refractivity (Wildman–Crippen MR) is 63.4 cm³/mol. The molecule has 0 saturated heterocycles. The number of carbonyl (C=O) groups is 1. The van der Waals surface area contributed by atoms with Crippen molar-refractivity contribution in [2.45, 2.75) is 6.42 Å². The molecule has 0 spiro atoms. The van der Waals surface area contributed by atoms with Crippen LogP contribution in [0.4, 0.5) is 0 Å². The number of aromatic hydroxyl groups is 1. The van der Waals surface area contributed by atoms with Crippen LogP contribution in [0.5, 0.6) is 5.75 Å². The number of hydrogen-bond acceptors (Lipinski definition) is 2. The molecule has 0 aliphatic heterocycles. The lowest BCUT2D eigenvalue weighted by Crippen LogP contribution is -1.94. The van der Waals surface area contributed by atoms with E-state index in [0.29, 0.717) is 5.56 Å². The first-order valence-corrected chi connectivity index (χ1v) is 5.14. The summed E-state index contributed by atoms with van der Waals surface area (Å²) in [5.41, 5.74) is 1.37. The number of ketones is 1. The monoisotopic (exact) mass is 212 g/mol. The van der Waals surface area contributed by atoms with E-state index in [1.165, 1.54) is 12.1 Å². The van der Waals surface area contributed by atoms with Gasteiger partial charge in [-0.3, -0.25) is 4.79 Å². The maximum absolute atomic E-state index is 11.7. The molecule has 0 amide bonds. The first kappa shape index (κ1) is 10.4. The summed E-state index contributed by atoms with van der Waals surface area (Å²) in [6, 6.07) is 6.55. The zero-order valence-corrected chi connectivity index (χ0v) is 8.76. The number of phenols is 1. The molecule has 0 fully saturated rings. The molecule has 1 aromatic rings. The number of para-hydroxylation sites is 1. The molecule has 0 atom stereocenters. The molecule has 2 heteroatoms. The Labute approximate surface area is 94.2 Å². The van der Waals surface area contributed by atoms with Crippen LogP contribution >= 0.6 is 0 Å². The van der Waals surface area contributed by atoms with Crippen LogP contribution in [0.25, 0.3) is 0 Å². The first-order valence-electron chi connectivity index (χ1n) is 5.14. The summed E-state index contributed by atoms with van der Waals surface area (Å²) in [7, 11) is 0. The summed E-state index contributed by atoms with van der Waals surface area (Å²) in [4.78, 5) is 11.7. The van der Waals surface area contributed by atoms with E-state index in [-0.39, 0.29) is 11.5 Å². The molecule has 1 N–H and O–H groups in total. The zero-order chi connectivity index (χ0) is 11.4. The fourth-order valence-corrected chi connectivity index (χ4v) is 1.54. The summed E-state index contributed by atoms with van der Waals surface area (Å²) in [6.45, 7) is 0. The number of benzene rings is 1. The molecule has 1 aromatic carbocycles. The molecule has 16 heavy (non-hydrogen) atoms. The predicted octanol–water partition coefficient (Wildman–Crippen LogP) is 3.02. The van der Waals surface area contributed by atoms with E-state index in [2.05, 4.69) is 0 Å². The first-order chi connectivity index (χ1) is 7.77. The Balaban J connectivity index is 2.14. The van der Waals surface area contributed by atoms with Gasteiger partial charge in [-0.2, -0.15) is 0 Å². The highest BCUT2D eigenvalue weighted by molar-refractivity contribution is 6.06. The molecule has 0 radical (unpaired) electrons. The van der Waals surface area contributed by atoms with Crippen LogP contribution in [0.1, 0.15) is 16.8 Å². The Bertz CT molecular complexity index is 493. The molecule has 0 bridgehead atoms. The third-order valence-corrected chi connectivity index (χ3v) is 2.40. The van der Waals surface area contributed by atoms with Gasteiger partial charge in [-0.05, 0) is 30.2 Å². The van der Waals surface area contributed by atoms with Crippen molar-refractivity contribution in [3.05, 3.63) is 65.8 Å². The Kier molecular flexibility index (Phi) is 3.01. The zero-order valence-electron chi connectivity index (χ0n) is 8.76. The lowest BCUT2D eigenvalue weighted by atomic mass is 10.1. The van der Waals surface area contributed by atoms with E-state index >= 15 is 0 Å². The fraction of sp³-hybridized carbons (Fsp3) is 0.0714. The topological polar surface area (TPSA) is 37.3 Å². The maximum Gasteiger partial charge on any atom is 0.189 e. The standard InChI is InChI=1S/C14H12O2/c15-13-8-4-3-7-12(13)14(16)10-9-11-5-1-2-6-11/h1,3-10,15H,2H2/b10-9+. The van der Waals surface area contributed by atoms with E-state index in [0.717, 1.165) is 12.0 Å². The van der Waals surface area contributed by atoms with Crippen molar-refractivity contribution in [1.29, 1.82) is 0 Å². The van der Waals surface area contributed by atoms with Crippen molar-refractivity contribution in [1.82, 2.24) is 0 Å². The quantitative estimate of drug-likeness (QED) is 0.617. The van der Waals surface area contributed by atoms with Crippen molar-refractivity contribution >= 4 is 5.78 Å². The van der Waals surface area contributed by atoms with E-state index in [4.69, 9.17) is 0 Å². The van der Waals surface area contributed by atoms with Crippen LogP contribution in [0, 0.1) is 0 Å². The van der Waals surface area contributed by atoms with Gasteiger partial charge >= 0.3 is 0 Å². The van der Waals surface area contributed by atoms with Gasteiger partial charge in [0.05, 0.1) is 5.56 Å². The fourth-order valence-electron chi connectivity index (χ4n) is 1.54. The van der Waals surface area contributed by atoms with Gasteiger partial charge in [-0.15, -0.1) is 0 Å². The second-order valence-corrected chi connectivity index (χ2v) is 3.56. The van der Waals surface area contributed by atoms with Crippen LogP contribution in [-0.4, -0.2) is 10.9 Å². The van der Waals surface area contributed by atoms with Gasteiger partial charge in [0.25, 0.3) is 0 Å². The minimum absolute atomic E-state index is 0.0214. The highest BCUT2D eigenvalue weighted by Crippen LogP contribution is 2.17. The molecule has 0 unspecified atom stereocenters. The van der Waals surface area contributed by atoms with E-state index in [1.54, 1.807) is 24.3 Å². The molecule has 80 valence electrons. The molecule has 1 aliphatic carbocycles. The minimum Gasteiger partial charge on any atom is -0.507 e. The van der Waals surface area contributed by atoms with Crippen LogP contribution < -0.4 is 0 Å². The van der Waals surface area contributed by atoms with Crippen LogP contribution in [0.15, 0.2) is 60.2 Å². The van der Waals surface area contributed by atoms with Gasteiger partial charge in [0.2, 0.25) is 0 Å². The van der Waals surface area contributed by atoms with Gasteiger partial charge < -0.3 is 5.11 Å². The molecule has 2 nitrogen and oxygen atoms in total. The van der Waals surface area contributed by atoms with Crippen molar-refractivity contribution in [3.63, 3.8) is 0 Å². The highest BCUT2D eigenvalue weighted by atomic mass is 16.3. The SMILES string of the molecule is O=C(/C=C/C1=CCC=C1)c1ccccc1O. The third kappa shape index (κ3) is 2.28. The Morgan fingerprint density at radius 1 is 1.31 bits per heavy atom. The van der Waals surface area contributed by atoms with Crippen molar-refractivity contribution < 1.29 is 9.90 Å². The molecule has 1 aliphatic rings. The average molecular weight is 212 g/mol. The Morgan fingerprint density at radius 3 is 2.81 bits per heavy atom. The van der Waals surface area contributed by atoms with Crippen LogP contribution in [0.2, 0.25) is 0 Å². The van der Waals surface area contributed by atoms with Crippen LogP contribution in [0.3, 0.4) is 0 Å². The molecule has 2 rings (SSSR count). The highest BCUT2D eigenvalue weighted by Gasteiger charge is 2.06. The maximum atomic E-state index is 11.7. The van der Waals surface area contributed by atoms with E-state index in [9.17, 15) is 9.90 Å². The molecular weight excluding hydrogens is 200 g/mol. The van der Waals surface area contributed by atoms with Gasteiger partial charge in [0.1, 0.15) is 5.75 Å². The van der Waals surface area contributed by atoms with E-state index < -0.39 is 0 Å². The molecule has 0 heterocycles. The van der Waals surface area contributed by atoms with Gasteiger partial charge in [0, 0.05) is 0 Å². The number of rotatable bonds is 3. The smallest absolute Gasteiger partial charge is 0.189 e. The number of phenolic OH excluding ortho intramolecular Hbond substituents is 1. The minimum atomic E-state index is -0.181. The van der Waals surface area contributed by atoms with Gasteiger partial charge in [-0.25, -0.2) is 0 Å². The number of allylic oxidation sites excluding steroid dienone is 6. The van der Waals surface area contributed by atoms with Gasteiger partial charge in [0.15, 0.2) is 5.78 Å². The lowest BCUT2D eigenvalue weighted by Gasteiger charge is -1.98. The molecule has 0 aromatic heterocycles. The van der Waals surface area contributed by atoms with Crippen LogP contribution in [-0.2, 0) is 0 Å². The van der Waals surface area contributed by atoms with E-state index in [1.807, 2.05) is 18.2 Å². The second-order valence-electron chi connectivity index (χ2n) is 3.56. The largest absolute Gasteiger partial charge is 0.507 e. The average Bonchev–Trinajstić information content (AvgIpc) is 2.79. The summed E-state index contributed by atoms with van der Waals surface area (Å²) in [5.74, 6) is -0.160. The molecular formula is C14H12O2. The number of hydrogen-bond donors (Lipinski definition) is 1. The third-order valence-electron chi connectivity index (χ3n) is 2.40. The molecule has 0 saturated carbocycles. The summed E-state index contributed by atoms with van der Waals surface area (Å²) >= 11 is 0. The normalized spacial score (nSPS) is 14.4. The van der Waals surface area contributed by atoms with Gasteiger partial charge in [-0.1, -0.05) is 36.4 Å². The Hall–Kier alpha value is -2.09. The lowest BCUT2D eigenvalue weighted by molar-refractivity contribution is 0.104. The summed E-state index contributed by atoms with van der Waals surface area (Å²) in [6.07, 6.45) is 10.2. The van der Waals surface area contributed by atoms with Crippen molar-refractivity contribution in [2.75, 3.05) is 0 Å². The Morgan fingerprint density at radius 2 is 2.12 bits per heavy atom. The summed E-state index contributed by atoms with van der Waals surface area (Å²) in [5, 5.41) is 9.49. The number of carbonyl (C=O) groups excluding carboxylic acids is 1. The van der Waals surface area contributed by atoms with Crippen molar-refractivity contribution in [2.24, 2.45) is 0 Å².